The number of carbonyl (C=O) groups excluding carboxylic acids is 1. The summed E-state index contributed by atoms with van der Waals surface area (Å²) in [6, 6.07) is 12.7. The Kier molecular flexibility index (Phi) is 6.55. The quantitative estimate of drug-likeness (QED) is 0.498. The molecule has 1 atom stereocenters. The van der Waals surface area contributed by atoms with Crippen LogP contribution in [0.1, 0.15) is 52.9 Å². The van der Waals surface area contributed by atoms with Gasteiger partial charge < -0.3 is 0 Å². The number of sulfonamides is 1. The van der Waals surface area contributed by atoms with Crippen LogP contribution < -0.4 is 5.56 Å². The van der Waals surface area contributed by atoms with Crippen molar-refractivity contribution in [1.82, 2.24) is 14.1 Å². The molecule has 0 unspecified atom stereocenters. The van der Waals surface area contributed by atoms with Crippen LogP contribution in [0.15, 0.2) is 58.2 Å². The van der Waals surface area contributed by atoms with Gasteiger partial charge in [0.15, 0.2) is 5.78 Å². The van der Waals surface area contributed by atoms with Crippen LogP contribution in [0.4, 0.5) is 0 Å². The fourth-order valence-corrected chi connectivity index (χ4v) is 5.98. The van der Waals surface area contributed by atoms with Crippen molar-refractivity contribution in [1.29, 1.82) is 0 Å². The molecule has 0 amide bonds. The van der Waals surface area contributed by atoms with E-state index in [-0.39, 0.29) is 10.7 Å². The van der Waals surface area contributed by atoms with Gasteiger partial charge in [0, 0.05) is 30.3 Å². The number of aryl methyl sites for hydroxylation is 3. The molecular weight excluding hydrogens is 450 g/mol. The number of aromatic nitrogens is 2. The molecule has 34 heavy (non-hydrogen) atoms. The molecule has 3 aromatic rings. The molecule has 1 aliphatic rings. The van der Waals surface area contributed by atoms with Gasteiger partial charge in [0.2, 0.25) is 10.0 Å². The highest BCUT2D eigenvalue weighted by Gasteiger charge is 2.29. The predicted molar refractivity (Wildman–Crippen MR) is 132 cm³/mol. The third-order valence-electron chi connectivity index (χ3n) is 6.53. The monoisotopic (exact) mass is 479 g/mol. The molecule has 4 rings (SSSR count). The Labute approximate surface area is 200 Å². The van der Waals surface area contributed by atoms with Crippen LogP contribution in [0.25, 0.3) is 11.3 Å². The van der Waals surface area contributed by atoms with Gasteiger partial charge in [-0.3, -0.25) is 9.59 Å². The first-order valence-electron chi connectivity index (χ1n) is 11.4. The molecule has 0 saturated carbocycles. The highest BCUT2D eigenvalue weighted by Crippen LogP contribution is 2.28. The number of hydrogen-bond acceptors (Lipinski definition) is 5. The summed E-state index contributed by atoms with van der Waals surface area (Å²) in [7, 11) is -3.61. The summed E-state index contributed by atoms with van der Waals surface area (Å²) < 4.78 is 29.0. The Morgan fingerprint density at radius 3 is 2.26 bits per heavy atom. The SMILES string of the molecule is Cc1ccc(C(=O)[C@@H](C)n2nc(-c3ccc(C)c(S(=O)(=O)N4CCCC4)c3)ccc2=O)cc1C. The molecule has 1 saturated heterocycles. The standard InChI is InChI=1S/C26H29N3O4S/c1-17-7-10-22(15-19(17)3)26(31)20(4)29-25(30)12-11-23(27-29)21-9-8-18(2)24(16-21)34(32,33)28-13-5-6-14-28/h7-12,15-16,20H,5-6,13-14H2,1-4H3/t20-/m1/s1. The van der Waals surface area contributed by atoms with Crippen LogP contribution >= 0.6 is 0 Å². The summed E-state index contributed by atoms with van der Waals surface area (Å²) in [6.45, 7) is 8.37. The van der Waals surface area contributed by atoms with Gasteiger partial charge in [0.05, 0.1) is 10.6 Å². The number of hydrogen-bond donors (Lipinski definition) is 0. The van der Waals surface area contributed by atoms with Gasteiger partial charge in [-0.05, 0) is 75.4 Å². The first kappa shape index (κ1) is 24.0. The van der Waals surface area contributed by atoms with Crippen LogP contribution in [-0.2, 0) is 10.0 Å². The van der Waals surface area contributed by atoms with Crippen molar-refractivity contribution in [2.75, 3.05) is 13.1 Å². The summed E-state index contributed by atoms with van der Waals surface area (Å²) in [5.74, 6) is -0.212. The maximum atomic E-state index is 13.2. The van der Waals surface area contributed by atoms with E-state index in [1.54, 1.807) is 44.2 Å². The average Bonchev–Trinajstić information content (AvgIpc) is 3.37. The summed E-state index contributed by atoms with van der Waals surface area (Å²) >= 11 is 0. The van der Waals surface area contributed by atoms with E-state index in [1.807, 2.05) is 26.0 Å². The first-order valence-corrected chi connectivity index (χ1v) is 12.9. The fraction of sp³-hybridized carbons (Fsp3) is 0.346. The topological polar surface area (TPSA) is 89.3 Å². The van der Waals surface area contributed by atoms with E-state index in [9.17, 15) is 18.0 Å². The number of benzene rings is 2. The minimum atomic E-state index is -3.61. The lowest BCUT2D eigenvalue weighted by molar-refractivity contribution is 0.0925. The van der Waals surface area contributed by atoms with Gasteiger partial charge in [-0.2, -0.15) is 9.40 Å². The van der Waals surface area contributed by atoms with Crippen LogP contribution in [0.2, 0.25) is 0 Å². The van der Waals surface area contributed by atoms with Gasteiger partial charge in [0.25, 0.3) is 5.56 Å². The minimum absolute atomic E-state index is 0.212. The molecule has 178 valence electrons. The van der Waals surface area contributed by atoms with Crippen molar-refractivity contribution in [3.05, 3.63) is 81.1 Å². The summed E-state index contributed by atoms with van der Waals surface area (Å²) in [6.07, 6.45) is 1.72. The van der Waals surface area contributed by atoms with Gasteiger partial charge >= 0.3 is 0 Å². The number of Topliss-reactive ketones (excluding diaryl/α,β-unsaturated/α-hetero) is 1. The van der Waals surface area contributed by atoms with Crippen LogP contribution in [0.3, 0.4) is 0 Å². The number of ketones is 1. The summed E-state index contributed by atoms with van der Waals surface area (Å²) in [5, 5.41) is 4.45. The second-order valence-corrected chi connectivity index (χ2v) is 10.8. The lowest BCUT2D eigenvalue weighted by Gasteiger charge is -2.18. The number of carbonyl (C=O) groups is 1. The molecule has 7 nitrogen and oxygen atoms in total. The van der Waals surface area contributed by atoms with E-state index in [4.69, 9.17) is 0 Å². The average molecular weight is 480 g/mol. The molecule has 0 N–H and O–H groups in total. The third kappa shape index (κ3) is 4.48. The molecule has 8 heteroatoms. The van der Waals surface area contributed by atoms with Crippen LogP contribution in [0.5, 0.6) is 0 Å². The molecule has 0 radical (unpaired) electrons. The zero-order valence-corrected chi connectivity index (χ0v) is 20.7. The maximum absolute atomic E-state index is 13.2. The summed E-state index contributed by atoms with van der Waals surface area (Å²) in [5.41, 5.74) is 3.86. The predicted octanol–water partition coefficient (Wildman–Crippen LogP) is 4.06. The largest absolute Gasteiger partial charge is 0.292 e. The molecule has 2 heterocycles. The van der Waals surface area contributed by atoms with E-state index in [2.05, 4.69) is 5.10 Å². The first-order chi connectivity index (χ1) is 16.1. The van der Waals surface area contributed by atoms with Gasteiger partial charge in [-0.1, -0.05) is 24.3 Å². The molecule has 0 aliphatic carbocycles. The molecule has 2 aromatic carbocycles. The van der Waals surface area contributed by atoms with E-state index in [0.717, 1.165) is 24.0 Å². The van der Waals surface area contributed by atoms with Crippen molar-refractivity contribution >= 4 is 15.8 Å². The Bertz CT molecular complexity index is 1420. The smallest absolute Gasteiger partial charge is 0.267 e. The highest BCUT2D eigenvalue weighted by atomic mass is 32.2. The molecule has 1 aliphatic heterocycles. The van der Waals surface area contributed by atoms with E-state index in [1.165, 1.54) is 15.1 Å². The van der Waals surface area contributed by atoms with Gasteiger partial charge in [-0.25, -0.2) is 13.1 Å². The fourth-order valence-electron chi connectivity index (χ4n) is 4.21. The van der Waals surface area contributed by atoms with E-state index in [0.29, 0.717) is 35.5 Å². The summed E-state index contributed by atoms with van der Waals surface area (Å²) in [4.78, 5) is 25.9. The van der Waals surface area contributed by atoms with Crippen molar-refractivity contribution in [2.24, 2.45) is 0 Å². The second-order valence-electron chi connectivity index (χ2n) is 8.93. The van der Waals surface area contributed by atoms with Gasteiger partial charge in [-0.15, -0.1) is 0 Å². The lowest BCUT2D eigenvalue weighted by atomic mass is 10.0. The Morgan fingerprint density at radius 1 is 0.912 bits per heavy atom. The van der Waals surface area contributed by atoms with E-state index < -0.39 is 21.6 Å². The minimum Gasteiger partial charge on any atom is -0.292 e. The van der Waals surface area contributed by atoms with Gasteiger partial charge in [0.1, 0.15) is 6.04 Å². The van der Waals surface area contributed by atoms with Crippen LogP contribution in [0, 0.1) is 20.8 Å². The third-order valence-corrected chi connectivity index (χ3v) is 8.57. The molecular formula is C26H29N3O4S. The normalized spacial score (nSPS) is 15.4. The van der Waals surface area contributed by atoms with Crippen molar-refractivity contribution < 1.29 is 13.2 Å². The zero-order chi connectivity index (χ0) is 24.6. The van der Waals surface area contributed by atoms with Crippen LogP contribution in [-0.4, -0.2) is 41.4 Å². The number of nitrogens with zero attached hydrogens (tertiary/aromatic N) is 3. The zero-order valence-electron chi connectivity index (χ0n) is 19.9. The molecule has 1 fully saturated rings. The van der Waals surface area contributed by atoms with Crippen molar-refractivity contribution in [3.63, 3.8) is 0 Å². The van der Waals surface area contributed by atoms with Crippen molar-refractivity contribution in [3.8, 4) is 11.3 Å². The Balaban J connectivity index is 1.71. The Hall–Kier alpha value is -3.10. The highest BCUT2D eigenvalue weighted by molar-refractivity contribution is 7.89. The Morgan fingerprint density at radius 2 is 1.59 bits per heavy atom. The lowest BCUT2D eigenvalue weighted by Crippen LogP contribution is -2.30. The second kappa shape index (κ2) is 9.27. The maximum Gasteiger partial charge on any atom is 0.267 e. The van der Waals surface area contributed by atoms with Crippen molar-refractivity contribution in [2.45, 2.75) is 51.5 Å². The molecule has 0 bridgehead atoms. The molecule has 0 spiro atoms. The number of rotatable bonds is 6. The van der Waals surface area contributed by atoms with E-state index >= 15 is 0 Å². The molecule has 1 aromatic heterocycles.